The first kappa shape index (κ1) is 22.6. The Morgan fingerprint density at radius 1 is 0.946 bits per heavy atom. The van der Waals surface area contributed by atoms with Crippen LogP contribution in [0.2, 0.25) is 0 Å². The lowest BCUT2D eigenvalue weighted by molar-refractivity contribution is -0.384. The summed E-state index contributed by atoms with van der Waals surface area (Å²) in [7, 11) is 1.53. The third-order valence-corrected chi connectivity index (χ3v) is 7.26. The molecule has 3 heterocycles. The summed E-state index contributed by atoms with van der Waals surface area (Å²) in [5.41, 5.74) is 2.06. The molecule has 4 atom stereocenters. The molecule has 184 valence electrons. The van der Waals surface area contributed by atoms with Gasteiger partial charge in [0.15, 0.2) is 5.78 Å². The Hall–Kier alpha value is -4.86. The highest BCUT2D eigenvalue weighted by Gasteiger charge is 2.65. The Morgan fingerprint density at radius 3 is 2.30 bits per heavy atom. The van der Waals surface area contributed by atoms with Gasteiger partial charge < -0.3 is 4.74 Å². The number of ketones is 1. The number of methoxy groups -OCH3 is 1. The van der Waals surface area contributed by atoms with E-state index in [1.807, 2.05) is 24.3 Å². The van der Waals surface area contributed by atoms with E-state index in [1.165, 1.54) is 31.4 Å². The van der Waals surface area contributed by atoms with Crippen molar-refractivity contribution in [3.8, 4) is 5.75 Å². The fourth-order valence-electron chi connectivity index (χ4n) is 5.57. The molecule has 2 amide bonds. The van der Waals surface area contributed by atoms with Gasteiger partial charge in [0.1, 0.15) is 11.8 Å². The van der Waals surface area contributed by atoms with Crippen molar-refractivity contribution < 1.29 is 24.0 Å². The van der Waals surface area contributed by atoms with E-state index in [9.17, 15) is 24.5 Å². The summed E-state index contributed by atoms with van der Waals surface area (Å²) in [6, 6.07) is 17.7. The molecule has 0 aromatic heterocycles. The summed E-state index contributed by atoms with van der Waals surface area (Å²) in [5.74, 6) is -2.57. The van der Waals surface area contributed by atoms with Gasteiger partial charge in [-0.3, -0.25) is 29.5 Å². The number of hydrazone groups is 1. The minimum absolute atomic E-state index is 0.155. The Kier molecular flexibility index (Phi) is 5.11. The highest BCUT2D eigenvalue weighted by Crippen LogP contribution is 2.53. The average molecular weight is 496 g/mol. The van der Waals surface area contributed by atoms with E-state index >= 15 is 0 Å². The Labute approximate surface area is 210 Å². The molecular weight excluding hydrogens is 476 g/mol. The number of amides is 2. The van der Waals surface area contributed by atoms with Crippen LogP contribution in [-0.4, -0.2) is 46.9 Å². The number of fused-ring (bicyclic) bond motifs is 5. The molecule has 10 heteroatoms. The number of nitro groups is 1. The van der Waals surface area contributed by atoms with E-state index in [1.54, 1.807) is 35.5 Å². The van der Waals surface area contributed by atoms with Crippen LogP contribution < -0.4 is 9.64 Å². The van der Waals surface area contributed by atoms with Crippen molar-refractivity contribution in [3.05, 3.63) is 99.6 Å². The Balaban J connectivity index is 1.45. The monoisotopic (exact) mass is 496 g/mol. The maximum absolute atomic E-state index is 13.9. The van der Waals surface area contributed by atoms with Crippen molar-refractivity contribution in [2.75, 3.05) is 12.0 Å². The summed E-state index contributed by atoms with van der Waals surface area (Å²) in [5, 5.41) is 17.2. The molecule has 6 rings (SSSR count). The molecule has 2 saturated heterocycles. The number of nitrogens with zero attached hydrogens (tertiary/aromatic N) is 4. The van der Waals surface area contributed by atoms with Crippen molar-refractivity contribution in [3.63, 3.8) is 0 Å². The van der Waals surface area contributed by atoms with Gasteiger partial charge in [-0.25, -0.2) is 4.90 Å². The van der Waals surface area contributed by atoms with E-state index in [0.29, 0.717) is 11.3 Å². The van der Waals surface area contributed by atoms with Crippen molar-refractivity contribution in [2.45, 2.75) is 12.1 Å². The van der Waals surface area contributed by atoms with Gasteiger partial charge in [0, 0.05) is 17.7 Å². The van der Waals surface area contributed by atoms with Crippen molar-refractivity contribution in [1.82, 2.24) is 5.01 Å². The van der Waals surface area contributed by atoms with E-state index < -0.39 is 40.7 Å². The normalized spacial score (nSPS) is 23.5. The smallest absolute Gasteiger partial charge is 0.269 e. The molecule has 37 heavy (non-hydrogen) atoms. The molecular formula is C27H20N4O6. The van der Waals surface area contributed by atoms with Gasteiger partial charge >= 0.3 is 0 Å². The molecule has 0 N–H and O–H groups in total. The summed E-state index contributed by atoms with van der Waals surface area (Å²) < 4.78 is 5.19. The molecule has 3 aliphatic rings. The first-order chi connectivity index (χ1) is 17.9. The Bertz CT molecular complexity index is 1480. The number of ether oxygens (including phenoxy) is 1. The molecule has 2 fully saturated rings. The van der Waals surface area contributed by atoms with Crippen molar-refractivity contribution >= 4 is 35.2 Å². The average Bonchev–Trinajstić information content (AvgIpc) is 3.40. The molecule has 0 bridgehead atoms. The summed E-state index contributed by atoms with van der Waals surface area (Å²) in [6.07, 6.45) is 1.64. The highest BCUT2D eigenvalue weighted by atomic mass is 16.6. The van der Waals surface area contributed by atoms with Crippen LogP contribution in [0.5, 0.6) is 5.75 Å². The van der Waals surface area contributed by atoms with Gasteiger partial charge in [0.05, 0.1) is 41.8 Å². The number of rotatable bonds is 5. The summed E-state index contributed by atoms with van der Waals surface area (Å²) in [4.78, 5) is 53.1. The van der Waals surface area contributed by atoms with Gasteiger partial charge in [0.25, 0.3) is 5.69 Å². The van der Waals surface area contributed by atoms with Crippen LogP contribution in [0.1, 0.15) is 27.5 Å². The molecule has 3 aliphatic heterocycles. The topological polar surface area (TPSA) is 122 Å². The first-order valence-corrected chi connectivity index (χ1v) is 11.6. The number of benzene rings is 3. The maximum Gasteiger partial charge on any atom is 0.269 e. The van der Waals surface area contributed by atoms with Gasteiger partial charge in [-0.1, -0.05) is 24.3 Å². The largest absolute Gasteiger partial charge is 0.497 e. The van der Waals surface area contributed by atoms with Gasteiger partial charge in [0.2, 0.25) is 11.8 Å². The third kappa shape index (κ3) is 3.33. The molecule has 0 radical (unpaired) electrons. The standard InChI is InChI=1S/C27H20N4O6/c1-37-19-12-6-15(7-13-19)25(32)24-22-21(23-20-5-3-2-4-16(20)14-28-30(23)24)26(33)29(27(22)34)17-8-10-18(11-9-17)31(35)36/h2-14,21-24H,1H3/t21-,22+,23?,24-/m1/s1. The lowest BCUT2D eigenvalue weighted by Crippen LogP contribution is -2.44. The van der Waals surface area contributed by atoms with E-state index in [2.05, 4.69) is 5.10 Å². The number of nitro benzene ring substituents is 1. The van der Waals surface area contributed by atoms with Crippen LogP contribution in [0.15, 0.2) is 77.9 Å². The number of imide groups is 1. The maximum atomic E-state index is 13.9. The van der Waals surface area contributed by atoms with E-state index in [0.717, 1.165) is 16.0 Å². The van der Waals surface area contributed by atoms with E-state index in [-0.39, 0.29) is 17.2 Å². The quantitative estimate of drug-likeness (QED) is 0.230. The van der Waals surface area contributed by atoms with Crippen LogP contribution in [-0.2, 0) is 9.59 Å². The number of Topliss-reactive ketones (excluding diaryl/α,β-unsaturated/α-hetero) is 1. The minimum Gasteiger partial charge on any atom is -0.497 e. The number of hydrogen-bond acceptors (Lipinski definition) is 8. The van der Waals surface area contributed by atoms with Gasteiger partial charge in [-0.05, 0) is 47.5 Å². The van der Waals surface area contributed by atoms with Crippen LogP contribution in [0.25, 0.3) is 0 Å². The number of carbonyl (C=O) groups is 3. The summed E-state index contributed by atoms with van der Waals surface area (Å²) in [6.45, 7) is 0. The Morgan fingerprint density at radius 2 is 1.62 bits per heavy atom. The third-order valence-electron chi connectivity index (χ3n) is 7.26. The predicted molar refractivity (Wildman–Crippen MR) is 132 cm³/mol. The molecule has 10 nitrogen and oxygen atoms in total. The van der Waals surface area contributed by atoms with Gasteiger partial charge in [-0.2, -0.15) is 5.10 Å². The summed E-state index contributed by atoms with van der Waals surface area (Å²) >= 11 is 0. The zero-order chi connectivity index (χ0) is 25.8. The second kappa shape index (κ2) is 8.37. The van der Waals surface area contributed by atoms with Crippen molar-refractivity contribution in [1.29, 1.82) is 0 Å². The molecule has 0 saturated carbocycles. The number of carbonyl (C=O) groups excluding carboxylic acids is 3. The number of anilines is 1. The lowest BCUT2D eigenvalue weighted by Gasteiger charge is -2.33. The van der Waals surface area contributed by atoms with E-state index in [4.69, 9.17) is 4.74 Å². The predicted octanol–water partition coefficient (Wildman–Crippen LogP) is 3.36. The molecule has 3 aromatic rings. The fraction of sp³-hybridized carbons (Fsp3) is 0.185. The first-order valence-electron chi connectivity index (χ1n) is 11.6. The minimum atomic E-state index is -1.01. The molecule has 1 unspecified atom stereocenters. The highest BCUT2D eigenvalue weighted by molar-refractivity contribution is 6.24. The fourth-order valence-corrected chi connectivity index (χ4v) is 5.57. The second-order valence-electron chi connectivity index (χ2n) is 9.07. The zero-order valence-corrected chi connectivity index (χ0v) is 19.6. The zero-order valence-electron chi connectivity index (χ0n) is 19.6. The number of hydrogen-bond donors (Lipinski definition) is 0. The van der Waals surface area contributed by atoms with Crippen molar-refractivity contribution in [2.24, 2.45) is 16.9 Å². The molecule has 3 aromatic carbocycles. The van der Waals surface area contributed by atoms with Crippen LogP contribution in [0, 0.1) is 22.0 Å². The number of non-ortho nitro benzene ring substituents is 1. The van der Waals surface area contributed by atoms with Crippen LogP contribution in [0.3, 0.4) is 0 Å². The lowest BCUT2D eigenvalue weighted by atomic mass is 9.83. The van der Waals surface area contributed by atoms with Crippen LogP contribution in [0.4, 0.5) is 11.4 Å². The second-order valence-corrected chi connectivity index (χ2v) is 9.07. The molecule has 0 aliphatic carbocycles. The SMILES string of the molecule is COc1ccc(C(=O)[C@H]2[C@H]3C(=O)N(c4ccc([N+](=O)[O-])cc4)C(=O)[C@H]3C3c4ccccc4C=NN32)cc1. The van der Waals surface area contributed by atoms with Gasteiger partial charge in [-0.15, -0.1) is 0 Å². The van der Waals surface area contributed by atoms with Crippen LogP contribution >= 0.6 is 0 Å². The molecule has 0 spiro atoms.